The van der Waals surface area contributed by atoms with Gasteiger partial charge in [0.25, 0.3) is 0 Å². The summed E-state index contributed by atoms with van der Waals surface area (Å²) in [5.41, 5.74) is 12.7. The van der Waals surface area contributed by atoms with Crippen LogP contribution in [0.3, 0.4) is 0 Å². The zero-order valence-electron chi connectivity index (χ0n) is 30.3. The Morgan fingerprint density at radius 3 is 2.02 bits per heavy atom. The number of aliphatic carboxylic acids is 1. The predicted molar refractivity (Wildman–Crippen MR) is 196 cm³/mol. The SMILES string of the molecule is CC(C)C[C@H](NC(=O)[C@H](Cc1ccccc1)NC(=O)[C@H](C)NC(=O)[C@@H](N)Cc1ccc(O)cc1)C(=O)N(CC(O)CO)[C@@H](CCCNC(=N)N)C(=O)O. The number of nitrogens with two attached hydrogens (primary N) is 2. The highest BCUT2D eigenvalue weighted by atomic mass is 16.4. The first-order chi connectivity index (χ1) is 25.0. The van der Waals surface area contributed by atoms with Crippen molar-refractivity contribution in [3.63, 3.8) is 0 Å². The van der Waals surface area contributed by atoms with Crippen molar-refractivity contribution in [2.75, 3.05) is 19.7 Å². The number of hydrogen-bond donors (Lipinski definition) is 11. The lowest BCUT2D eigenvalue weighted by molar-refractivity contribution is -0.153. The summed E-state index contributed by atoms with van der Waals surface area (Å²) in [7, 11) is 0. The Morgan fingerprint density at radius 1 is 0.849 bits per heavy atom. The number of carboxylic acids is 1. The van der Waals surface area contributed by atoms with Crippen LogP contribution in [0.2, 0.25) is 0 Å². The number of phenolic OH excluding ortho intramolecular Hbond substituents is 1. The molecule has 1 unspecified atom stereocenters. The summed E-state index contributed by atoms with van der Waals surface area (Å²) in [5, 5.41) is 57.2. The molecule has 53 heavy (non-hydrogen) atoms. The zero-order valence-corrected chi connectivity index (χ0v) is 30.3. The predicted octanol–water partition coefficient (Wildman–Crippen LogP) is -1.08. The van der Waals surface area contributed by atoms with Crippen LogP contribution >= 0.6 is 0 Å². The molecule has 17 heteroatoms. The first kappa shape index (κ1) is 43.9. The Bertz CT molecular complexity index is 1510. The molecule has 0 fully saturated rings. The number of carbonyl (C=O) groups excluding carboxylic acids is 4. The van der Waals surface area contributed by atoms with Gasteiger partial charge in [-0.25, -0.2) is 4.79 Å². The lowest BCUT2D eigenvalue weighted by Crippen LogP contribution is -2.60. The molecule has 292 valence electrons. The smallest absolute Gasteiger partial charge is 0.326 e. The number of aliphatic hydroxyl groups is 2. The summed E-state index contributed by atoms with van der Waals surface area (Å²) in [6.07, 6.45) is -1.21. The van der Waals surface area contributed by atoms with Gasteiger partial charge in [-0.2, -0.15) is 0 Å². The number of carboxylic acid groups (broad SMARTS) is 1. The van der Waals surface area contributed by atoms with Gasteiger partial charge in [0.05, 0.1) is 18.8 Å². The third-order valence-electron chi connectivity index (χ3n) is 8.25. The number of phenols is 1. The Hall–Kier alpha value is -5.26. The third-order valence-corrected chi connectivity index (χ3v) is 8.25. The molecule has 2 aromatic carbocycles. The summed E-state index contributed by atoms with van der Waals surface area (Å²) in [6.45, 7) is 3.84. The molecule has 0 spiro atoms. The fraction of sp³-hybridized carbons (Fsp3) is 0.500. The summed E-state index contributed by atoms with van der Waals surface area (Å²) in [5.74, 6) is -4.73. The van der Waals surface area contributed by atoms with Gasteiger partial charge in [0.1, 0.15) is 29.9 Å². The van der Waals surface area contributed by atoms with Gasteiger partial charge in [0.15, 0.2) is 5.96 Å². The van der Waals surface area contributed by atoms with Crippen LogP contribution in [0.15, 0.2) is 54.6 Å². The van der Waals surface area contributed by atoms with Gasteiger partial charge >= 0.3 is 5.97 Å². The molecule has 0 heterocycles. The van der Waals surface area contributed by atoms with Gasteiger partial charge in [0.2, 0.25) is 23.6 Å². The number of guanidine groups is 1. The summed E-state index contributed by atoms with van der Waals surface area (Å²) in [4.78, 5) is 67.7. The summed E-state index contributed by atoms with van der Waals surface area (Å²) in [6, 6.07) is 8.76. The molecule has 0 aromatic heterocycles. The van der Waals surface area contributed by atoms with Crippen molar-refractivity contribution in [3.05, 3.63) is 65.7 Å². The zero-order chi connectivity index (χ0) is 39.7. The number of carbonyl (C=O) groups is 5. The first-order valence-electron chi connectivity index (χ1n) is 17.4. The van der Waals surface area contributed by atoms with Gasteiger partial charge < -0.3 is 58.1 Å². The lowest BCUT2D eigenvalue weighted by atomic mass is 9.99. The number of aliphatic hydroxyl groups excluding tert-OH is 2. The fourth-order valence-electron chi connectivity index (χ4n) is 5.47. The van der Waals surface area contributed by atoms with Crippen LogP contribution < -0.4 is 32.7 Å². The van der Waals surface area contributed by atoms with Gasteiger partial charge in [-0.15, -0.1) is 0 Å². The van der Waals surface area contributed by atoms with Crippen molar-refractivity contribution in [3.8, 4) is 5.75 Å². The van der Waals surface area contributed by atoms with Crippen LogP contribution in [0.4, 0.5) is 0 Å². The lowest BCUT2D eigenvalue weighted by Gasteiger charge is -2.34. The molecule has 2 aromatic rings. The van der Waals surface area contributed by atoms with Gasteiger partial charge in [0, 0.05) is 19.5 Å². The van der Waals surface area contributed by atoms with Gasteiger partial charge in [-0.3, -0.25) is 24.6 Å². The molecule has 0 aliphatic carbocycles. The highest BCUT2D eigenvalue weighted by molar-refractivity contribution is 5.95. The monoisotopic (exact) mass is 742 g/mol. The summed E-state index contributed by atoms with van der Waals surface area (Å²) >= 11 is 0. The Balaban J connectivity index is 2.32. The standard InChI is InChI=1S/C36H54N8O9/c1-21(2)16-29(34(51)44(19-26(47)20-45)30(35(52)53)10-7-15-40-36(38)39)43-33(50)28(18-23-8-5-4-6-9-23)42-31(48)22(3)41-32(49)27(37)17-24-11-13-25(46)14-12-24/h4-6,8-9,11-14,21-22,26-30,45-47H,7,10,15-20,37H2,1-3H3,(H,41,49)(H,42,48)(H,43,50)(H,52,53)(H4,38,39,40)/t22-,26?,27-,28-,29-,30-/m0/s1. The molecule has 13 N–H and O–H groups in total. The molecule has 0 saturated heterocycles. The fourth-order valence-corrected chi connectivity index (χ4v) is 5.47. The maximum Gasteiger partial charge on any atom is 0.326 e. The van der Waals surface area contributed by atoms with Gasteiger partial charge in [-0.1, -0.05) is 56.3 Å². The largest absolute Gasteiger partial charge is 0.508 e. The van der Waals surface area contributed by atoms with E-state index in [1.165, 1.54) is 19.1 Å². The summed E-state index contributed by atoms with van der Waals surface area (Å²) < 4.78 is 0. The number of benzene rings is 2. The molecule has 4 amide bonds. The Labute approximate surface area is 309 Å². The van der Waals surface area contributed by atoms with Crippen LogP contribution in [-0.2, 0) is 36.8 Å². The van der Waals surface area contributed by atoms with Crippen molar-refractivity contribution < 1.29 is 44.4 Å². The second kappa shape index (κ2) is 22.0. The normalized spacial score (nSPS) is 14.5. The quantitative estimate of drug-likeness (QED) is 0.0390. The number of hydrogen-bond acceptors (Lipinski definition) is 10. The highest BCUT2D eigenvalue weighted by Crippen LogP contribution is 2.16. The molecule has 0 aliphatic heterocycles. The van der Waals surface area contributed by atoms with E-state index in [0.717, 1.165) is 4.90 Å². The second-order valence-corrected chi connectivity index (χ2v) is 13.3. The molecule has 17 nitrogen and oxygen atoms in total. The minimum absolute atomic E-state index is 0.00409. The minimum Gasteiger partial charge on any atom is -0.508 e. The molecule has 0 bridgehead atoms. The third kappa shape index (κ3) is 15.5. The minimum atomic E-state index is -1.48. The van der Waals surface area contributed by atoms with Gasteiger partial charge in [-0.05, 0) is 61.8 Å². The average molecular weight is 743 g/mol. The Morgan fingerprint density at radius 2 is 1.45 bits per heavy atom. The second-order valence-electron chi connectivity index (χ2n) is 13.3. The average Bonchev–Trinajstić information content (AvgIpc) is 3.10. The van der Waals surface area contributed by atoms with Crippen molar-refractivity contribution in [2.45, 2.75) is 89.2 Å². The molecule has 0 radical (unpaired) electrons. The maximum absolute atomic E-state index is 14.1. The van der Waals surface area contributed by atoms with Crippen LogP contribution in [0.1, 0.15) is 51.2 Å². The van der Waals surface area contributed by atoms with E-state index >= 15 is 0 Å². The number of nitrogens with one attached hydrogen (secondary N) is 5. The van der Waals surface area contributed by atoms with E-state index in [1.54, 1.807) is 56.3 Å². The van der Waals surface area contributed by atoms with E-state index in [9.17, 15) is 44.4 Å². The first-order valence-corrected chi connectivity index (χ1v) is 17.4. The van der Waals surface area contributed by atoms with Crippen LogP contribution in [0.25, 0.3) is 0 Å². The number of rotatable bonds is 22. The van der Waals surface area contributed by atoms with Crippen LogP contribution in [-0.4, -0.2) is 117 Å². The number of amides is 4. The topological polar surface area (TPSA) is 294 Å². The van der Waals surface area contributed by atoms with E-state index in [-0.39, 0.29) is 56.3 Å². The number of aromatic hydroxyl groups is 1. The van der Waals surface area contributed by atoms with E-state index in [1.807, 2.05) is 0 Å². The molecule has 2 rings (SSSR count). The van der Waals surface area contributed by atoms with E-state index in [2.05, 4.69) is 21.3 Å². The van der Waals surface area contributed by atoms with Crippen molar-refractivity contribution >= 4 is 35.6 Å². The number of nitrogens with zero attached hydrogens (tertiary/aromatic N) is 1. The van der Waals surface area contributed by atoms with E-state index < -0.39 is 79.1 Å². The molecule has 0 saturated carbocycles. The van der Waals surface area contributed by atoms with Crippen LogP contribution in [0, 0.1) is 11.3 Å². The molecule has 0 aliphatic rings. The van der Waals surface area contributed by atoms with Crippen molar-refractivity contribution in [1.82, 2.24) is 26.2 Å². The molecular formula is C36H54N8O9. The maximum atomic E-state index is 14.1. The van der Waals surface area contributed by atoms with E-state index in [0.29, 0.717) is 11.1 Å². The van der Waals surface area contributed by atoms with Crippen LogP contribution in [0.5, 0.6) is 5.75 Å². The van der Waals surface area contributed by atoms with Crippen molar-refractivity contribution in [2.24, 2.45) is 17.4 Å². The molecule has 6 atom stereocenters. The Kier molecular flexibility index (Phi) is 18.2. The molecular weight excluding hydrogens is 688 g/mol. The highest BCUT2D eigenvalue weighted by Gasteiger charge is 2.37. The van der Waals surface area contributed by atoms with E-state index in [4.69, 9.17) is 16.9 Å². The van der Waals surface area contributed by atoms with Crippen molar-refractivity contribution in [1.29, 1.82) is 5.41 Å².